The van der Waals surface area contributed by atoms with E-state index in [9.17, 15) is 0 Å². The first kappa shape index (κ1) is 8.04. The van der Waals surface area contributed by atoms with Crippen molar-refractivity contribution in [2.45, 2.75) is 27.3 Å². The molecule has 0 aliphatic rings. The summed E-state index contributed by atoms with van der Waals surface area (Å²) in [4.78, 5) is 3.99. The van der Waals surface area contributed by atoms with Crippen molar-refractivity contribution in [1.29, 1.82) is 0 Å². The van der Waals surface area contributed by atoms with E-state index in [0.717, 1.165) is 12.4 Å². The third-order valence-electron chi connectivity index (χ3n) is 1.41. The van der Waals surface area contributed by atoms with Crippen LogP contribution in [0.5, 0.6) is 0 Å². The van der Waals surface area contributed by atoms with E-state index in [4.69, 9.17) is 5.73 Å². The Bertz CT molecular complexity index is 239. The molecular weight excluding hydrogens is 140 g/mol. The number of nitrogen functional groups attached to an aromatic ring is 1. The third kappa shape index (κ3) is 1.93. The first-order chi connectivity index (χ1) is 5.09. The topological polar surface area (TPSA) is 56.7 Å². The van der Waals surface area contributed by atoms with Gasteiger partial charge in [0.05, 0.1) is 0 Å². The zero-order valence-electron chi connectivity index (χ0n) is 7.20. The normalized spacial score (nSPS) is 10.9. The van der Waals surface area contributed by atoms with Gasteiger partial charge in [0.1, 0.15) is 5.82 Å². The highest BCUT2D eigenvalue weighted by atomic mass is 15.4. The average Bonchev–Trinajstić information content (AvgIpc) is 2.09. The van der Waals surface area contributed by atoms with Gasteiger partial charge in [-0.2, -0.15) is 4.98 Å². The lowest BCUT2D eigenvalue weighted by Crippen LogP contribution is -2.07. The summed E-state index contributed by atoms with van der Waals surface area (Å²) >= 11 is 0. The van der Waals surface area contributed by atoms with Gasteiger partial charge >= 0.3 is 0 Å². The number of aryl methyl sites for hydroxylation is 1. The summed E-state index contributed by atoms with van der Waals surface area (Å²) in [5, 5.41) is 4.03. The van der Waals surface area contributed by atoms with E-state index in [0.29, 0.717) is 11.9 Å². The maximum atomic E-state index is 5.41. The van der Waals surface area contributed by atoms with Crippen LogP contribution in [0.2, 0.25) is 0 Å². The molecule has 0 bridgehead atoms. The molecule has 1 aromatic rings. The van der Waals surface area contributed by atoms with Crippen LogP contribution in [-0.2, 0) is 6.54 Å². The van der Waals surface area contributed by atoms with Gasteiger partial charge in [0.25, 0.3) is 0 Å². The molecule has 1 rings (SSSR count). The quantitative estimate of drug-likeness (QED) is 0.686. The van der Waals surface area contributed by atoms with Crippen molar-refractivity contribution < 1.29 is 0 Å². The molecule has 4 heteroatoms. The van der Waals surface area contributed by atoms with E-state index in [1.807, 2.05) is 11.6 Å². The molecule has 0 aromatic carbocycles. The Balaban J connectivity index is 2.77. The van der Waals surface area contributed by atoms with Gasteiger partial charge in [0.2, 0.25) is 5.95 Å². The smallest absolute Gasteiger partial charge is 0.239 e. The number of rotatable bonds is 2. The molecule has 0 saturated carbocycles. The average molecular weight is 154 g/mol. The minimum Gasteiger partial charge on any atom is -0.366 e. The molecule has 0 amide bonds. The molecular formula is C7H14N4. The van der Waals surface area contributed by atoms with Crippen LogP contribution in [0.15, 0.2) is 0 Å². The fourth-order valence-electron chi connectivity index (χ4n) is 0.961. The van der Waals surface area contributed by atoms with Gasteiger partial charge in [0, 0.05) is 6.54 Å². The summed E-state index contributed by atoms with van der Waals surface area (Å²) < 4.78 is 1.83. The summed E-state index contributed by atoms with van der Waals surface area (Å²) in [6, 6.07) is 0. The predicted octanol–water partition coefficient (Wildman–Crippen LogP) is 0.825. The summed E-state index contributed by atoms with van der Waals surface area (Å²) in [6.45, 7) is 7.07. The molecule has 2 N–H and O–H groups in total. The summed E-state index contributed by atoms with van der Waals surface area (Å²) in [7, 11) is 0. The van der Waals surface area contributed by atoms with E-state index < -0.39 is 0 Å². The Hall–Kier alpha value is -1.06. The zero-order chi connectivity index (χ0) is 8.43. The molecule has 0 atom stereocenters. The SMILES string of the molecule is Cc1nc(N)nn1CC(C)C. The Kier molecular flexibility index (Phi) is 2.12. The van der Waals surface area contributed by atoms with Gasteiger partial charge in [-0.1, -0.05) is 13.8 Å². The maximum Gasteiger partial charge on any atom is 0.239 e. The second kappa shape index (κ2) is 2.90. The van der Waals surface area contributed by atoms with Crippen LogP contribution >= 0.6 is 0 Å². The van der Waals surface area contributed by atoms with Crippen LogP contribution in [-0.4, -0.2) is 14.8 Å². The Labute approximate surface area is 66.4 Å². The largest absolute Gasteiger partial charge is 0.366 e. The van der Waals surface area contributed by atoms with Crippen LogP contribution in [0.1, 0.15) is 19.7 Å². The number of aromatic nitrogens is 3. The van der Waals surface area contributed by atoms with Crippen LogP contribution in [0, 0.1) is 12.8 Å². The Morgan fingerprint density at radius 1 is 1.55 bits per heavy atom. The Morgan fingerprint density at radius 3 is 2.55 bits per heavy atom. The van der Waals surface area contributed by atoms with Crippen molar-refractivity contribution in [3.8, 4) is 0 Å². The fourth-order valence-corrected chi connectivity index (χ4v) is 0.961. The van der Waals surface area contributed by atoms with Crippen molar-refractivity contribution in [2.24, 2.45) is 5.92 Å². The second-order valence-electron chi connectivity index (χ2n) is 3.09. The second-order valence-corrected chi connectivity index (χ2v) is 3.09. The molecule has 4 nitrogen and oxygen atoms in total. The first-order valence-electron chi connectivity index (χ1n) is 3.76. The van der Waals surface area contributed by atoms with Gasteiger partial charge in [-0.25, -0.2) is 4.68 Å². The van der Waals surface area contributed by atoms with Crippen LogP contribution < -0.4 is 5.73 Å². The molecule has 11 heavy (non-hydrogen) atoms. The molecule has 62 valence electrons. The van der Waals surface area contributed by atoms with E-state index in [1.54, 1.807) is 0 Å². The summed E-state index contributed by atoms with van der Waals surface area (Å²) in [5.74, 6) is 1.83. The number of hydrogen-bond acceptors (Lipinski definition) is 3. The highest BCUT2D eigenvalue weighted by molar-refractivity contribution is 5.12. The Morgan fingerprint density at radius 2 is 2.18 bits per heavy atom. The lowest BCUT2D eigenvalue weighted by atomic mass is 10.2. The van der Waals surface area contributed by atoms with Crippen molar-refractivity contribution in [3.63, 3.8) is 0 Å². The van der Waals surface area contributed by atoms with Crippen LogP contribution in [0.25, 0.3) is 0 Å². The molecule has 0 saturated heterocycles. The molecule has 0 radical (unpaired) electrons. The highest BCUT2D eigenvalue weighted by Gasteiger charge is 2.03. The third-order valence-corrected chi connectivity index (χ3v) is 1.41. The number of anilines is 1. The van der Waals surface area contributed by atoms with Crippen molar-refractivity contribution in [3.05, 3.63) is 5.82 Å². The van der Waals surface area contributed by atoms with Crippen molar-refractivity contribution in [1.82, 2.24) is 14.8 Å². The minimum atomic E-state index is 0.364. The van der Waals surface area contributed by atoms with Gasteiger partial charge in [0.15, 0.2) is 0 Å². The molecule has 0 spiro atoms. The van der Waals surface area contributed by atoms with E-state index >= 15 is 0 Å². The van der Waals surface area contributed by atoms with E-state index in [-0.39, 0.29) is 0 Å². The molecule has 1 aromatic heterocycles. The van der Waals surface area contributed by atoms with Crippen molar-refractivity contribution >= 4 is 5.95 Å². The lowest BCUT2D eigenvalue weighted by molar-refractivity contribution is 0.474. The molecule has 1 heterocycles. The number of nitrogens with two attached hydrogens (primary N) is 1. The van der Waals surface area contributed by atoms with Gasteiger partial charge in [-0.15, -0.1) is 5.10 Å². The van der Waals surface area contributed by atoms with E-state index in [2.05, 4.69) is 23.9 Å². The van der Waals surface area contributed by atoms with E-state index in [1.165, 1.54) is 0 Å². The highest BCUT2D eigenvalue weighted by Crippen LogP contribution is 2.02. The standard InChI is InChI=1S/C7H14N4/c1-5(2)4-11-6(3)9-7(8)10-11/h5H,4H2,1-3H3,(H2,8,10). The maximum absolute atomic E-state index is 5.41. The number of hydrogen-bond donors (Lipinski definition) is 1. The summed E-state index contributed by atoms with van der Waals surface area (Å²) in [5.41, 5.74) is 5.41. The monoisotopic (exact) mass is 154 g/mol. The zero-order valence-corrected chi connectivity index (χ0v) is 7.20. The van der Waals surface area contributed by atoms with Gasteiger partial charge in [-0.3, -0.25) is 0 Å². The van der Waals surface area contributed by atoms with Gasteiger partial charge in [-0.05, 0) is 12.8 Å². The predicted molar refractivity (Wildman–Crippen MR) is 44.0 cm³/mol. The van der Waals surface area contributed by atoms with Crippen LogP contribution in [0.4, 0.5) is 5.95 Å². The summed E-state index contributed by atoms with van der Waals surface area (Å²) in [6.07, 6.45) is 0. The van der Waals surface area contributed by atoms with Gasteiger partial charge < -0.3 is 5.73 Å². The molecule has 0 fully saturated rings. The van der Waals surface area contributed by atoms with Crippen molar-refractivity contribution in [2.75, 3.05) is 5.73 Å². The minimum absolute atomic E-state index is 0.364. The fraction of sp³-hybridized carbons (Fsp3) is 0.714. The molecule has 0 aliphatic heterocycles. The lowest BCUT2D eigenvalue weighted by Gasteiger charge is -2.04. The van der Waals surface area contributed by atoms with Crippen LogP contribution in [0.3, 0.4) is 0 Å². The molecule has 0 aliphatic carbocycles. The molecule has 0 unspecified atom stereocenters. The first-order valence-corrected chi connectivity index (χ1v) is 3.76. The number of nitrogens with zero attached hydrogens (tertiary/aromatic N) is 3.